The van der Waals surface area contributed by atoms with Gasteiger partial charge in [-0.25, -0.2) is 4.99 Å². The molecule has 0 saturated carbocycles. The van der Waals surface area contributed by atoms with Crippen LogP contribution in [0.2, 0.25) is 0 Å². The van der Waals surface area contributed by atoms with E-state index in [4.69, 9.17) is 19.2 Å². The number of hydrogen-bond donors (Lipinski definition) is 2. The first-order valence-electron chi connectivity index (χ1n) is 11.2. The van der Waals surface area contributed by atoms with Gasteiger partial charge in [0.05, 0.1) is 18.8 Å². The van der Waals surface area contributed by atoms with Crippen LogP contribution in [0.1, 0.15) is 24.6 Å². The van der Waals surface area contributed by atoms with Gasteiger partial charge in [-0.15, -0.1) is 24.0 Å². The van der Waals surface area contributed by atoms with Crippen molar-refractivity contribution in [1.29, 1.82) is 0 Å². The molecule has 0 atom stereocenters. The van der Waals surface area contributed by atoms with Gasteiger partial charge in [0.2, 0.25) is 0 Å². The molecule has 0 aliphatic rings. The van der Waals surface area contributed by atoms with Crippen LogP contribution in [0.5, 0.6) is 11.5 Å². The summed E-state index contributed by atoms with van der Waals surface area (Å²) in [6, 6.07) is 21.6. The first-order valence-corrected chi connectivity index (χ1v) is 11.2. The zero-order chi connectivity index (χ0) is 23.1. The monoisotopic (exact) mass is 576 g/mol. The number of halogens is 1. The van der Waals surface area contributed by atoms with Crippen LogP contribution >= 0.6 is 24.0 Å². The number of rotatable bonds is 12. The third-order valence-corrected chi connectivity index (χ3v) is 4.66. The van der Waals surface area contributed by atoms with Crippen molar-refractivity contribution < 1.29 is 14.2 Å². The van der Waals surface area contributed by atoms with Crippen LogP contribution in [0.25, 0.3) is 0 Å². The number of methoxy groups -OCH3 is 1. The van der Waals surface area contributed by atoms with Gasteiger partial charge in [0.1, 0.15) is 18.1 Å². The molecule has 8 heteroatoms. The predicted molar refractivity (Wildman–Crippen MR) is 147 cm³/mol. The molecule has 2 N–H and O–H groups in total. The Morgan fingerprint density at radius 1 is 0.941 bits per heavy atom. The minimum Gasteiger partial charge on any atom is -0.493 e. The van der Waals surface area contributed by atoms with Gasteiger partial charge in [0.25, 0.3) is 0 Å². The molecule has 0 spiro atoms. The van der Waals surface area contributed by atoms with E-state index in [2.05, 4.69) is 15.6 Å². The highest BCUT2D eigenvalue weighted by Crippen LogP contribution is 2.18. The molecular formula is C26H33IN4O3. The van der Waals surface area contributed by atoms with E-state index in [-0.39, 0.29) is 24.0 Å². The molecule has 182 valence electrons. The number of hydrogen-bond acceptors (Lipinski definition) is 5. The number of nitrogens with one attached hydrogen (secondary N) is 2. The van der Waals surface area contributed by atoms with Crippen LogP contribution in [-0.4, -0.2) is 37.8 Å². The predicted octanol–water partition coefficient (Wildman–Crippen LogP) is 5.27. The van der Waals surface area contributed by atoms with Crippen molar-refractivity contribution in [2.45, 2.75) is 26.5 Å². The van der Waals surface area contributed by atoms with Crippen LogP contribution in [-0.2, 0) is 17.9 Å². The molecule has 0 unspecified atom stereocenters. The number of benzene rings is 2. The van der Waals surface area contributed by atoms with E-state index in [0.717, 1.165) is 41.4 Å². The third kappa shape index (κ3) is 9.96. The molecule has 2 aromatic carbocycles. The topological polar surface area (TPSA) is 77.0 Å². The van der Waals surface area contributed by atoms with Gasteiger partial charge >= 0.3 is 0 Å². The van der Waals surface area contributed by atoms with E-state index in [0.29, 0.717) is 32.3 Å². The van der Waals surface area contributed by atoms with Crippen LogP contribution in [0, 0.1) is 0 Å². The number of pyridine rings is 1. The van der Waals surface area contributed by atoms with Gasteiger partial charge in [-0.3, -0.25) is 4.98 Å². The van der Waals surface area contributed by atoms with E-state index >= 15 is 0 Å². The molecule has 1 aromatic heterocycles. The van der Waals surface area contributed by atoms with Crippen molar-refractivity contribution in [2.75, 3.05) is 32.2 Å². The highest BCUT2D eigenvalue weighted by Gasteiger charge is 2.03. The van der Waals surface area contributed by atoms with Crippen molar-refractivity contribution in [3.05, 3.63) is 84.2 Å². The number of anilines is 1. The Morgan fingerprint density at radius 3 is 2.53 bits per heavy atom. The van der Waals surface area contributed by atoms with Gasteiger partial charge in [-0.2, -0.15) is 0 Å². The lowest BCUT2D eigenvalue weighted by molar-refractivity contribution is 0.172. The maximum Gasteiger partial charge on any atom is 0.196 e. The largest absolute Gasteiger partial charge is 0.493 e. The second-order valence-corrected chi connectivity index (χ2v) is 7.30. The van der Waals surface area contributed by atoms with Crippen molar-refractivity contribution in [2.24, 2.45) is 4.99 Å². The minimum absolute atomic E-state index is 0. The summed E-state index contributed by atoms with van der Waals surface area (Å²) < 4.78 is 16.6. The summed E-state index contributed by atoms with van der Waals surface area (Å²) in [7, 11) is 1.69. The number of nitrogens with zero attached hydrogens (tertiary/aromatic N) is 2. The Hall–Kier alpha value is -2.85. The molecule has 34 heavy (non-hydrogen) atoms. The second-order valence-electron chi connectivity index (χ2n) is 7.30. The Morgan fingerprint density at radius 2 is 1.79 bits per heavy atom. The highest BCUT2D eigenvalue weighted by molar-refractivity contribution is 14.0. The lowest BCUT2D eigenvalue weighted by Gasteiger charge is -2.13. The van der Waals surface area contributed by atoms with E-state index < -0.39 is 0 Å². The molecule has 1 heterocycles. The highest BCUT2D eigenvalue weighted by atomic mass is 127. The first-order chi connectivity index (χ1) is 16.3. The smallest absolute Gasteiger partial charge is 0.196 e. The van der Waals surface area contributed by atoms with Crippen LogP contribution in [0.3, 0.4) is 0 Å². The van der Waals surface area contributed by atoms with Gasteiger partial charge < -0.3 is 24.8 Å². The lowest BCUT2D eigenvalue weighted by Crippen LogP contribution is -2.30. The van der Waals surface area contributed by atoms with Crippen molar-refractivity contribution in [3.63, 3.8) is 0 Å². The quantitative estimate of drug-likeness (QED) is 0.132. The summed E-state index contributed by atoms with van der Waals surface area (Å²) in [6.45, 7) is 5.10. The van der Waals surface area contributed by atoms with Crippen LogP contribution in [0.4, 0.5) is 5.69 Å². The molecule has 0 saturated heterocycles. The molecular weight excluding hydrogens is 543 g/mol. The van der Waals surface area contributed by atoms with Gasteiger partial charge in [0.15, 0.2) is 5.96 Å². The van der Waals surface area contributed by atoms with E-state index in [1.807, 2.05) is 73.7 Å². The van der Waals surface area contributed by atoms with E-state index in [9.17, 15) is 0 Å². The molecule has 0 radical (unpaired) electrons. The van der Waals surface area contributed by atoms with Crippen molar-refractivity contribution >= 4 is 35.6 Å². The summed E-state index contributed by atoms with van der Waals surface area (Å²) in [5, 5.41) is 6.63. The number of aliphatic imine (C=N–C) groups is 1. The maximum atomic E-state index is 5.80. The van der Waals surface area contributed by atoms with E-state index in [1.54, 1.807) is 13.3 Å². The molecule has 3 aromatic rings. The van der Waals surface area contributed by atoms with E-state index in [1.165, 1.54) is 0 Å². The zero-order valence-electron chi connectivity index (χ0n) is 19.7. The SMILES string of the molecule is CCNC(=NCc1ccc(OCc2ccccn2)cc1)Nc1cccc(OCCCOC)c1.I. The Labute approximate surface area is 219 Å². The molecule has 0 amide bonds. The summed E-state index contributed by atoms with van der Waals surface area (Å²) in [4.78, 5) is 8.97. The molecule has 7 nitrogen and oxygen atoms in total. The Balaban J connectivity index is 0.00000408. The first kappa shape index (κ1) is 27.4. The van der Waals surface area contributed by atoms with Gasteiger partial charge in [-0.1, -0.05) is 24.3 Å². The Kier molecular flexibility index (Phi) is 12.8. The fourth-order valence-corrected chi connectivity index (χ4v) is 3.00. The standard InChI is InChI=1S/C26H32N4O3.HI/c1-3-27-26(30-22-9-6-10-25(18-22)32-17-7-16-31-2)29-19-21-11-13-24(14-12-21)33-20-23-8-4-5-15-28-23;/h4-6,8-15,18H,3,7,16-17,19-20H2,1-2H3,(H2,27,29,30);1H. The summed E-state index contributed by atoms with van der Waals surface area (Å²) in [5.74, 6) is 2.33. The molecule has 0 bridgehead atoms. The molecule has 0 aliphatic heterocycles. The molecule has 3 rings (SSSR count). The average Bonchev–Trinajstić information content (AvgIpc) is 2.86. The third-order valence-electron chi connectivity index (χ3n) is 4.66. The Bertz CT molecular complexity index is 985. The van der Waals surface area contributed by atoms with Crippen LogP contribution in [0.15, 0.2) is 77.9 Å². The fraction of sp³-hybridized carbons (Fsp3) is 0.308. The van der Waals surface area contributed by atoms with Gasteiger partial charge in [-0.05, 0) is 48.9 Å². The average molecular weight is 576 g/mol. The molecule has 0 aliphatic carbocycles. The molecule has 0 fully saturated rings. The van der Waals surface area contributed by atoms with Gasteiger partial charge in [0, 0.05) is 44.6 Å². The van der Waals surface area contributed by atoms with Crippen LogP contribution < -0.4 is 20.1 Å². The maximum absolute atomic E-state index is 5.80. The number of ether oxygens (including phenoxy) is 3. The summed E-state index contributed by atoms with van der Waals surface area (Å²) in [6.07, 6.45) is 2.62. The number of guanidine groups is 1. The van der Waals surface area contributed by atoms with Crippen molar-refractivity contribution in [1.82, 2.24) is 10.3 Å². The summed E-state index contributed by atoms with van der Waals surface area (Å²) >= 11 is 0. The normalized spacial score (nSPS) is 10.8. The minimum atomic E-state index is 0. The van der Waals surface area contributed by atoms with Crippen molar-refractivity contribution in [3.8, 4) is 11.5 Å². The zero-order valence-corrected chi connectivity index (χ0v) is 22.0. The number of aromatic nitrogens is 1. The summed E-state index contributed by atoms with van der Waals surface area (Å²) in [5.41, 5.74) is 2.90. The second kappa shape index (κ2) is 15.9. The fourth-order valence-electron chi connectivity index (χ4n) is 3.00. The lowest BCUT2D eigenvalue weighted by atomic mass is 10.2.